The molecule has 1 saturated carbocycles. The van der Waals surface area contributed by atoms with E-state index in [-0.39, 0.29) is 6.42 Å². The lowest BCUT2D eigenvalue weighted by molar-refractivity contribution is -0.139. The highest BCUT2D eigenvalue weighted by Gasteiger charge is 2.40. The van der Waals surface area contributed by atoms with Gasteiger partial charge < -0.3 is 21.1 Å². The van der Waals surface area contributed by atoms with Gasteiger partial charge in [0, 0.05) is 19.7 Å². The van der Waals surface area contributed by atoms with Gasteiger partial charge in [-0.3, -0.25) is 14.4 Å². The molecule has 32 heavy (non-hydrogen) atoms. The molecule has 0 aromatic carbocycles. The lowest BCUT2D eigenvalue weighted by Gasteiger charge is -2.27. The molecule has 0 aromatic heterocycles. The monoisotopic (exact) mass is 472 g/mol. The largest absolute Gasteiger partial charge is 0.465 e. The number of nitrogens with zero attached hydrogens (tertiary/aromatic N) is 2. The maximum Gasteiger partial charge on any atom is 0.405 e. The van der Waals surface area contributed by atoms with Crippen LogP contribution in [-0.4, -0.2) is 77.5 Å². The van der Waals surface area contributed by atoms with E-state index in [1.54, 1.807) is 6.08 Å². The van der Waals surface area contributed by atoms with Crippen LogP contribution < -0.4 is 11.1 Å². The number of carboxylic acid groups (broad SMARTS) is 1. The van der Waals surface area contributed by atoms with E-state index in [1.807, 2.05) is 0 Å². The minimum Gasteiger partial charge on any atom is -0.465 e. The van der Waals surface area contributed by atoms with Crippen molar-refractivity contribution in [3.63, 3.8) is 0 Å². The average molecular weight is 473 g/mol. The molecule has 2 atom stereocenters. The lowest BCUT2D eigenvalue weighted by Crippen LogP contribution is -2.52. The number of nitrogens with one attached hydrogen (secondary N) is 1. The van der Waals surface area contributed by atoms with Crippen molar-refractivity contribution >= 4 is 33.8 Å². The summed E-state index contributed by atoms with van der Waals surface area (Å²) < 4.78 is 24.8. The third-order valence-electron chi connectivity index (χ3n) is 5.72. The van der Waals surface area contributed by atoms with Gasteiger partial charge in [0.15, 0.2) is 0 Å². The summed E-state index contributed by atoms with van der Waals surface area (Å²) in [5, 5.41) is 10.8. The van der Waals surface area contributed by atoms with Crippen LogP contribution in [0.2, 0.25) is 0 Å². The highest BCUT2D eigenvalue weighted by Crippen LogP contribution is 2.30. The number of hydrogen-bond acceptors (Lipinski definition) is 6. The third-order valence-corrected chi connectivity index (χ3v) is 7.98. The van der Waals surface area contributed by atoms with Crippen LogP contribution >= 0.6 is 0 Å². The van der Waals surface area contributed by atoms with Gasteiger partial charge in [-0.15, -0.1) is 0 Å². The number of allylic oxidation sites excluding steroid dienone is 1. The average Bonchev–Trinajstić information content (AvgIpc) is 3.48. The van der Waals surface area contributed by atoms with Crippen molar-refractivity contribution in [3.8, 4) is 0 Å². The molecular weight excluding hydrogens is 440 g/mol. The van der Waals surface area contributed by atoms with E-state index in [9.17, 15) is 27.6 Å². The van der Waals surface area contributed by atoms with Crippen LogP contribution in [0.3, 0.4) is 0 Å². The number of carbonyl (C=O) groups excluding carboxylic acids is 3. The Hall–Kier alpha value is -2.63. The second kappa shape index (κ2) is 11.3. The summed E-state index contributed by atoms with van der Waals surface area (Å²) >= 11 is 0. The minimum atomic E-state index is -3.55. The number of likely N-dealkylation sites (N-methyl/N-ethyl adjacent to an activating group) is 1. The van der Waals surface area contributed by atoms with E-state index in [2.05, 4.69) is 5.32 Å². The summed E-state index contributed by atoms with van der Waals surface area (Å²) in [4.78, 5) is 48.7. The fourth-order valence-electron chi connectivity index (χ4n) is 3.72. The lowest BCUT2D eigenvalue weighted by atomic mass is 10.1. The number of carbonyl (C=O) groups is 4. The van der Waals surface area contributed by atoms with Crippen molar-refractivity contribution in [1.82, 2.24) is 14.5 Å². The molecule has 0 spiro atoms. The van der Waals surface area contributed by atoms with Crippen molar-refractivity contribution in [2.75, 3.05) is 13.6 Å². The van der Waals surface area contributed by atoms with Gasteiger partial charge in [-0.25, -0.2) is 17.5 Å². The zero-order valence-corrected chi connectivity index (χ0v) is 19.1. The van der Waals surface area contributed by atoms with Gasteiger partial charge in [0.25, 0.3) is 5.91 Å². The number of unbranched alkanes of at least 4 members (excludes halogenated alkanes) is 3. The van der Waals surface area contributed by atoms with Gasteiger partial charge in [0.05, 0.1) is 5.25 Å². The van der Waals surface area contributed by atoms with Crippen molar-refractivity contribution in [2.45, 2.75) is 75.1 Å². The molecule has 0 radical (unpaired) electrons. The Bertz CT molecular complexity index is 854. The van der Waals surface area contributed by atoms with Gasteiger partial charge in [-0.1, -0.05) is 18.9 Å². The Morgan fingerprint density at radius 3 is 2.47 bits per heavy atom. The van der Waals surface area contributed by atoms with Crippen molar-refractivity contribution in [2.24, 2.45) is 5.73 Å². The summed E-state index contributed by atoms with van der Waals surface area (Å²) in [5.74, 6) is -1.62. The quantitative estimate of drug-likeness (QED) is 0.275. The fraction of sp³-hybridized carbons (Fsp3) is 0.700. The number of rotatable bonds is 12. The van der Waals surface area contributed by atoms with Crippen LogP contribution in [-0.2, 0) is 24.4 Å². The van der Waals surface area contributed by atoms with Crippen LogP contribution in [0.4, 0.5) is 4.79 Å². The second-order valence-electron chi connectivity index (χ2n) is 8.18. The summed E-state index contributed by atoms with van der Waals surface area (Å²) in [7, 11) is -2.29. The first-order valence-corrected chi connectivity index (χ1v) is 12.3. The zero-order chi connectivity index (χ0) is 23.9. The standard InChI is InChI=1S/C20H32N4O7S/c1-23(32(30,31)14-11-12-14)17(25)10-6-4-2-3-5-8-15(22-20(28)29)19(27)24-13-7-9-16(24)18(21)26/h6,10,14-16,22H,2-5,7-9,11-13H2,1H3,(H2,21,26)(H,28,29)/b10-6-/t15-,16-/m0/s1. The molecule has 1 aliphatic heterocycles. The van der Waals surface area contributed by atoms with E-state index in [4.69, 9.17) is 10.8 Å². The highest BCUT2D eigenvalue weighted by atomic mass is 32.2. The third kappa shape index (κ3) is 6.94. The number of primary amides is 1. The Morgan fingerprint density at radius 1 is 1.19 bits per heavy atom. The van der Waals surface area contributed by atoms with Crippen molar-refractivity contribution < 1.29 is 32.7 Å². The molecular formula is C20H32N4O7S. The van der Waals surface area contributed by atoms with Crippen LogP contribution in [0.15, 0.2) is 12.2 Å². The van der Waals surface area contributed by atoms with Crippen LogP contribution in [0.5, 0.6) is 0 Å². The molecule has 4 N–H and O–H groups in total. The first kappa shape index (κ1) is 25.6. The highest BCUT2D eigenvalue weighted by molar-refractivity contribution is 7.90. The molecule has 1 aliphatic carbocycles. The van der Waals surface area contributed by atoms with Gasteiger partial charge in [0.2, 0.25) is 21.8 Å². The van der Waals surface area contributed by atoms with E-state index >= 15 is 0 Å². The summed E-state index contributed by atoms with van der Waals surface area (Å²) in [5.41, 5.74) is 5.34. The predicted molar refractivity (Wildman–Crippen MR) is 116 cm³/mol. The smallest absolute Gasteiger partial charge is 0.405 e. The first-order chi connectivity index (χ1) is 15.1. The van der Waals surface area contributed by atoms with E-state index < -0.39 is 51.2 Å². The maximum absolute atomic E-state index is 12.7. The molecule has 1 heterocycles. The van der Waals surface area contributed by atoms with Gasteiger partial charge in [-0.05, 0) is 44.9 Å². The summed E-state index contributed by atoms with van der Waals surface area (Å²) in [6.45, 7) is 0.369. The molecule has 12 heteroatoms. The van der Waals surface area contributed by atoms with Gasteiger partial charge in [0.1, 0.15) is 12.1 Å². The predicted octanol–water partition coefficient (Wildman–Crippen LogP) is 0.556. The second-order valence-corrected chi connectivity index (χ2v) is 10.4. The molecule has 2 aliphatic rings. The zero-order valence-electron chi connectivity index (χ0n) is 18.2. The van der Waals surface area contributed by atoms with Crippen LogP contribution in [0.25, 0.3) is 0 Å². The minimum absolute atomic E-state index is 0.276. The molecule has 0 aromatic rings. The van der Waals surface area contributed by atoms with Gasteiger partial charge in [-0.2, -0.15) is 0 Å². The topological polar surface area (TPSA) is 167 Å². The van der Waals surface area contributed by atoms with Crippen molar-refractivity contribution in [1.29, 1.82) is 0 Å². The SMILES string of the molecule is CN(C(=O)/C=C\CCCCC[C@H](NC(=O)O)C(=O)N1CCC[C@H]1C(N)=O)S(=O)(=O)C1CC1. The number of sulfonamides is 1. The Labute approximate surface area is 188 Å². The molecule has 1 saturated heterocycles. The molecule has 0 unspecified atom stereocenters. The van der Waals surface area contributed by atoms with Crippen molar-refractivity contribution in [3.05, 3.63) is 12.2 Å². The normalized spacial score (nSPS) is 19.7. The Morgan fingerprint density at radius 2 is 1.88 bits per heavy atom. The van der Waals surface area contributed by atoms with E-state index in [1.165, 1.54) is 18.0 Å². The first-order valence-electron chi connectivity index (χ1n) is 10.8. The molecule has 180 valence electrons. The Kier molecular flexibility index (Phi) is 9.05. The number of hydrogen-bond donors (Lipinski definition) is 3. The fourth-order valence-corrected chi connectivity index (χ4v) is 5.22. The molecule has 11 nitrogen and oxygen atoms in total. The number of likely N-dealkylation sites (tertiary alicyclic amines) is 1. The molecule has 4 amide bonds. The molecule has 2 rings (SSSR count). The molecule has 0 bridgehead atoms. The number of amides is 4. The van der Waals surface area contributed by atoms with E-state index in [0.29, 0.717) is 57.9 Å². The van der Waals surface area contributed by atoms with Crippen LogP contribution in [0, 0.1) is 0 Å². The van der Waals surface area contributed by atoms with Crippen LogP contribution in [0.1, 0.15) is 57.8 Å². The summed E-state index contributed by atoms with van der Waals surface area (Å²) in [6.07, 6.45) is 6.58. The Balaban J connectivity index is 1.75. The number of nitrogens with two attached hydrogens (primary N) is 1. The maximum atomic E-state index is 12.7. The van der Waals surface area contributed by atoms with E-state index in [0.717, 1.165) is 4.31 Å². The molecule has 2 fully saturated rings. The van der Waals surface area contributed by atoms with Gasteiger partial charge >= 0.3 is 6.09 Å². The summed E-state index contributed by atoms with van der Waals surface area (Å²) in [6, 6.07) is -1.66.